The van der Waals surface area contributed by atoms with Crippen molar-refractivity contribution in [1.82, 2.24) is 4.57 Å². The molecule has 0 aliphatic heterocycles. The molecule has 0 saturated carbocycles. The Morgan fingerprint density at radius 1 is 0.846 bits per heavy atom. The Kier molecular flexibility index (Phi) is 4.15. The second-order valence-corrected chi connectivity index (χ2v) is 6.06. The molecule has 0 spiro atoms. The number of hydrogen-bond donors (Lipinski definition) is 1. The first-order chi connectivity index (χ1) is 12.7. The summed E-state index contributed by atoms with van der Waals surface area (Å²) in [5.41, 5.74) is 2.42. The summed E-state index contributed by atoms with van der Waals surface area (Å²) in [5, 5.41) is 3.89. The number of aromatic nitrogens is 1. The number of fused-ring (bicyclic) bond motifs is 1. The lowest BCUT2D eigenvalue weighted by Gasteiger charge is -2.09. The number of para-hydroxylation sites is 1. The summed E-state index contributed by atoms with van der Waals surface area (Å²) < 4.78 is 7.77. The van der Waals surface area contributed by atoms with Crippen molar-refractivity contribution in [3.8, 4) is 11.5 Å². The van der Waals surface area contributed by atoms with E-state index in [1.807, 2.05) is 96.7 Å². The lowest BCUT2D eigenvalue weighted by Crippen LogP contribution is -2.12. The maximum atomic E-state index is 12.7. The number of anilines is 1. The Labute approximate surface area is 151 Å². The van der Waals surface area contributed by atoms with E-state index >= 15 is 0 Å². The summed E-state index contributed by atoms with van der Waals surface area (Å²) in [6.45, 7) is 0. The molecular weight excluding hydrogens is 324 g/mol. The molecule has 4 aromatic rings. The predicted octanol–water partition coefficient (Wildman–Crippen LogP) is 5.22. The number of carbonyl (C=O) groups excluding carboxylic acids is 1. The van der Waals surface area contributed by atoms with Crippen LogP contribution in [-0.4, -0.2) is 10.5 Å². The number of carbonyl (C=O) groups is 1. The maximum absolute atomic E-state index is 12.7. The molecule has 0 unspecified atom stereocenters. The van der Waals surface area contributed by atoms with Crippen LogP contribution in [0.15, 0.2) is 85.1 Å². The van der Waals surface area contributed by atoms with Crippen LogP contribution in [0, 0.1) is 0 Å². The highest BCUT2D eigenvalue weighted by Crippen LogP contribution is 2.24. The van der Waals surface area contributed by atoms with Gasteiger partial charge < -0.3 is 14.6 Å². The van der Waals surface area contributed by atoms with Gasteiger partial charge in [-0.3, -0.25) is 4.79 Å². The zero-order valence-electron chi connectivity index (χ0n) is 14.3. The summed E-state index contributed by atoms with van der Waals surface area (Å²) in [4.78, 5) is 12.7. The average Bonchev–Trinajstić information content (AvgIpc) is 3.05. The van der Waals surface area contributed by atoms with E-state index in [0.717, 1.165) is 28.1 Å². The van der Waals surface area contributed by atoms with E-state index in [2.05, 4.69) is 5.32 Å². The third-order valence-electron chi connectivity index (χ3n) is 4.26. The van der Waals surface area contributed by atoms with Gasteiger partial charge >= 0.3 is 0 Å². The first-order valence-corrected chi connectivity index (χ1v) is 8.39. The van der Waals surface area contributed by atoms with Crippen molar-refractivity contribution in [2.45, 2.75) is 0 Å². The first-order valence-electron chi connectivity index (χ1n) is 8.39. The monoisotopic (exact) mass is 342 g/mol. The van der Waals surface area contributed by atoms with Crippen LogP contribution >= 0.6 is 0 Å². The van der Waals surface area contributed by atoms with Crippen LogP contribution in [0.5, 0.6) is 11.5 Å². The smallest absolute Gasteiger partial charge is 0.256 e. The number of nitrogens with zero attached hydrogens (tertiary/aromatic N) is 1. The van der Waals surface area contributed by atoms with E-state index in [4.69, 9.17) is 4.74 Å². The molecular formula is C22H18N2O2. The van der Waals surface area contributed by atoms with Crippen molar-refractivity contribution in [2.75, 3.05) is 5.32 Å². The molecule has 1 amide bonds. The number of ether oxygens (including phenoxy) is 1. The first kappa shape index (κ1) is 16.0. The molecule has 0 aliphatic rings. The second-order valence-electron chi connectivity index (χ2n) is 6.06. The van der Waals surface area contributed by atoms with Crippen LogP contribution in [0.2, 0.25) is 0 Å². The van der Waals surface area contributed by atoms with Crippen molar-refractivity contribution >= 4 is 22.5 Å². The predicted molar refractivity (Wildman–Crippen MR) is 104 cm³/mol. The van der Waals surface area contributed by atoms with Gasteiger partial charge in [-0.15, -0.1) is 0 Å². The third-order valence-corrected chi connectivity index (χ3v) is 4.26. The average molecular weight is 342 g/mol. The van der Waals surface area contributed by atoms with Gasteiger partial charge in [-0.25, -0.2) is 0 Å². The minimum atomic E-state index is -0.126. The molecule has 0 atom stereocenters. The molecule has 1 heterocycles. The zero-order chi connectivity index (χ0) is 17.9. The largest absolute Gasteiger partial charge is 0.457 e. The molecule has 0 fully saturated rings. The van der Waals surface area contributed by atoms with Crippen molar-refractivity contribution in [2.24, 2.45) is 7.05 Å². The van der Waals surface area contributed by atoms with Gasteiger partial charge in [0, 0.05) is 35.4 Å². The summed E-state index contributed by atoms with van der Waals surface area (Å²) >= 11 is 0. The molecule has 1 N–H and O–H groups in total. The number of nitrogens with one attached hydrogen (secondary N) is 1. The standard InChI is InChI=1S/C22H18N2O2/c1-24-15-14-19-20(8-5-9-21(19)24)22(25)23-16-10-12-18(13-11-16)26-17-6-3-2-4-7-17/h2-15H,1H3,(H,23,25). The summed E-state index contributed by atoms with van der Waals surface area (Å²) in [5.74, 6) is 1.37. The molecule has 4 nitrogen and oxygen atoms in total. The molecule has 4 heteroatoms. The lowest BCUT2D eigenvalue weighted by molar-refractivity contribution is 0.102. The highest BCUT2D eigenvalue weighted by Gasteiger charge is 2.11. The Balaban J connectivity index is 1.51. The minimum absolute atomic E-state index is 0.126. The Hall–Kier alpha value is -3.53. The highest BCUT2D eigenvalue weighted by molar-refractivity contribution is 6.12. The van der Waals surface area contributed by atoms with Gasteiger partial charge in [0.2, 0.25) is 0 Å². The molecule has 0 bridgehead atoms. The van der Waals surface area contributed by atoms with E-state index in [-0.39, 0.29) is 5.91 Å². The summed E-state index contributed by atoms with van der Waals surface area (Å²) in [6.07, 6.45) is 1.96. The van der Waals surface area contributed by atoms with Crippen LogP contribution in [0.3, 0.4) is 0 Å². The molecule has 3 aromatic carbocycles. The molecule has 26 heavy (non-hydrogen) atoms. The van der Waals surface area contributed by atoms with Gasteiger partial charge in [-0.2, -0.15) is 0 Å². The molecule has 4 rings (SSSR count). The normalized spacial score (nSPS) is 10.7. The SMILES string of the molecule is Cn1ccc2c(C(=O)Nc3ccc(Oc4ccccc4)cc3)cccc21. The van der Waals surface area contributed by atoms with Crippen molar-refractivity contribution in [3.05, 3.63) is 90.6 Å². The van der Waals surface area contributed by atoms with Crippen molar-refractivity contribution < 1.29 is 9.53 Å². The van der Waals surface area contributed by atoms with Gasteiger partial charge in [0.15, 0.2) is 0 Å². The van der Waals surface area contributed by atoms with E-state index in [1.54, 1.807) is 0 Å². The van der Waals surface area contributed by atoms with Crippen molar-refractivity contribution in [1.29, 1.82) is 0 Å². The number of hydrogen-bond acceptors (Lipinski definition) is 2. The van der Waals surface area contributed by atoms with E-state index in [1.165, 1.54) is 0 Å². The topological polar surface area (TPSA) is 43.3 Å². The Morgan fingerprint density at radius 3 is 2.35 bits per heavy atom. The second kappa shape index (κ2) is 6.76. The number of aryl methyl sites for hydroxylation is 1. The van der Waals surface area contributed by atoms with Gasteiger partial charge in [0.05, 0.1) is 0 Å². The molecule has 128 valence electrons. The molecule has 1 aromatic heterocycles. The van der Waals surface area contributed by atoms with E-state index in [9.17, 15) is 4.79 Å². The molecule has 0 radical (unpaired) electrons. The van der Waals surface area contributed by atoms with Crippen LogP contribution in [0.4, 0.5) is 5.69 Å². The van der Waals surface area contributed by atoms with Crippen LogP contribution in [0.1, 0.15) is 10.4 Å². The minimum Gasteiger partial charge on any atom is -0.457 e. The summed E-state index contributed by atoms with van der Waals surface area (Å²) in [7, 11) is 1.97. The molecule has 0 saturated heterocycles. The summed E-state index contributed by atoms with van der Waals surface area (Å²) in [6, 6.07) is 24.6. The number of rotatable bonds is 4. The zero-order valence-corrected chi connectivity index (χ0v) is 14.3. The van der Waals surface area contributed by atoms with Crippen LogP contribution in [-0.2, 0) is 7.05 Å². The quantitative estimate of drug-likeness (QED) is 0.552. The third kappa shape index (κ3) is 3.17. The van der Waals surface area contributed by atoms with Crippen LogP contribution in [0.25, 0.3) is 10.9 Å². The Morgan fingerprint density at radius 2 is 1.58 bits per heavy atom. The van der Waals surface area contributed by atoms with Crippen molar-refractivity contribution in [3.63, 3.8) is 0 Å². The van der Waals surface area contributed by atoms with Gasteiger partial charge in [0.25, 0.3) is 5.91 Å². The fourth-order valence-corrected chi connectivity index (χ4v) is 2.93. The number of amides is 1. The molecule has 0 aliphatic carbocycles. The van der Waals surface area contributed by atoms with E-state index < -0.39 is 0 Å². The highest BCUT2D eigenvalue weighted by atomic mass is 16.5. The lowest BCUT2D eigenvalue weighted by atomic mass is 10.1. The number of benzene rings is 3. The Bertz CT molecular complexity index is 1050. The van der Waals surface area contributed by atoms with Crippen LogP contribution < -0.4 is 10.1 Å². The van der Waals surface area contributed by atoms with Gasteiger partial charge in [-0.05, 0) is 54.6 Å². The van der Waals surface area contributed by atoms with E-state index in [0.29, 0.717) is 5.56 Å². The van der Waals surface area contributed by atoms with Gasteiger partial charge in [0.1, 0.15) is 11.5 Å². The maximum Gasteiger partial charge on any atom is 0.256 e. The van der Waals surface area contributed by atoms with Gasteiger partial charge in [-0.1, -0.05) is 24.3 Å². The fourth-order valence-electron chi connectivity index (χ4n) is 2.93. The fraction of sp³-hybridized carbons (Fsp3) is 0.0455.